The van der Waals surface area contributed by atoms with Crippen LogP contribution in [0.1, 0.15) is 19.4 Å². The van der Waals surface area contributed by atoms with Crippen molar-refractivity contribution in [3.63, 3.8) is 0 Å². The maximum absolute atomic E-state index is 11.5. The lowest BCUT2D eigenvalue weighted by Gasteiger charge is -2.09. The maximum atomic E-state index is 11.5. The predicted molar refractivity (Wildman–Crippen MR) is 67.9 cm³/mol. The molecular formula is C12H14ClN3O. The molecular weight excluding hydrogens is 238 g/mol. The lowest BCUT2D eigenvalue weighted by atomic mass is 10.2. The minimum atomic E-state index is -0.139. The number of nitrogens with zero attached hydrogens (tertiary/aromatic N) is 1. The summed E-state index contributed by atoms with van der Waals surface area (Å²) in [6.45, 7) is 4.17. The molecule has 17 heavy (non-hydrogen) atoms. The van der Waals surface area contributed by atoms with E-state index in [1.807, 2.05) is 19.9 Å². The number of hydrogen-bond donors (Lipinski definition) is 2. The summed E-state index contributed by atoms with van der Waals surface area (Å²) in [7, 11) is 0. The highest BCUT2D eigenvalue weighted by Crippen LogP contribution is 2.19. The van der Waals surface area contributed by atoms with Crippen molar-refractivity contribution in [3.8, 4) is 6.07 Å². The molecule has 1 amide bonds. The van der Waals surface area contributed by atoms with Crippen molar-refractivity contribution in [2.45, 2.75) is 19.9 Å². The Morgan fingerprint density at radius 3 is 2.76 bits per heavy atom. The molecule has 0 aliphatic rings. The van der Waals surface area contributed by atoms with E-state index >= 15 is 0 Å². The van der Waals surface area contributed by atoms with Gasteiger partial charge in [-0.3, -0.25) is 4.79 Å². The van der Waals surface area contributed by atoms with Crippen LogP contribution in [0.25, 0.3) is 0 Å². The van der Waals surface area contributed by atoms with Crippen LogP contribution in [-0.2, 0) is 4.79 Å². The third kappa shape index (κ3) is 4.43. The second-order valence-electron chi connectivity index (χ2n) is 3.89. The number of carbonyl (C=O) groups is 1. The molecule has 0 bridgehead atoms. The summed E-state index contributed by atoms with van der Waals surface area (Å²) < 4.78 is 0. The first-order chi connectivity index (χ1) is 8.02. The maximum Gasteiger partial charge on any atom is 0.238 e. The molecule has 0 fully saturated rings. The van der Waals surface area contributed by atoms with Gasteiger partial charge in [0.15, 0.2) is 0 Å². The Bertz CT molecular complexity index is 452. The molecule has 0 saturated carbocycles. The Hall–Kier alpha value is -1.57. The molecule has 2 N–H and O–H groups in total. The van der Waals surface area contributed by atoms with Crippen LogP contribution < -0.4 is 10.6 Å². The van der Waals surface area contributed by atoms with Gasteiger partial charge in [-0.25, -0.2) is 0 Å². The number of anilines is 1. The third-order valence-electron chi connectivity index (χ3n) is 2.04. The predicted octanol–water partition coefficient (Wildman–Crippen LogP) is 2.15. The van der Waals surface area contributed by atoms with Crippen LogP contribution in [0.2, 0.25) is 5.02 Å². The van der Waals surface area contributed by atoms with E-state index in [0.717, 1.165) is 0 Å². The van der Waals surface area contributed by atoms with Gasteiger partial charge in [-0.1, -0.05) is 25.4 Å². The van der Waals surface area contributed by atoms with Gasteiger partial charge in [0.05, 0.1) is 17.1 Å². The van der Waals surface area contributed by atoms with E-state index in [0.29, 0.717) is 16.3 Å². The fourth-order valence-electron chi connectivity index (χ4n) is 1.19. The van der Waals surface area contributed by atoms with Crippen LogP contribution in [-0.4, -0.2) is 18.5 Å². The minimum Gasteiger partial charge on any atom is -0.325 e. The normalized spacial score (nSPS) is 10.1. The molecule has 0 unspecified atom stereocenters. The quantitative estimate of drug-likeness (QED) is 0.862. The van der Waals surface area contributed by atoms with Crippen LogP contribution in [0.5, 0.6) is 0 Å². The molecule has 0 aliphatic heterocycles. The summed E-state index contributed by atoms with van der Waals surface area (Å²) in [5.41, 5.74) is 0.981. The van der Waals surface area contributed by atoms with Crippen molar-refractivity contribution in [2.24, 2.45) is 0 Å². The molecule has 0 radical (unpaired) electrons. The van der Waals surface area contributed by atoms with Gasteiger partial charge in [0.1, 0.15) is 6.07 Å². The molecule has 4 nitrogen and oxygen atoms in total. The van der Waals surface area contributed by atoms with Gasteiger partial charge < -0.3 is 10.6 Å². The number of benzene rings is 1. The van der Waals surface area contributed by atoms with Crippen LogP contribution in [0.3, 0.4) is 0 Å². The standard InChI is InChI=1S/C12H14ClN3O/c1-8(2)15-7-12(17)16-10-4-3-9(6-14)11(13)5-10/h3-5,8,15H,7H2,1-2H3,(H,16,17). The van der Waals surface area contributed by atoms with E-state index in [1.165, 1.54) is 0 Å². The highest BCUT2D eigenvalue weighted by Gasteiger charge is 2.05. The summed E-state index contributed by atoms with van der Waals surface area (Å²) in [5, 5.41) is 14.7. The molecule has 1 aromatic carbocycles. The molecule has 0 heterocycles. The zero-order chi connectivity index (χ0) is 12.8. The fraction of sp³-hybridized carbons (Fsp3) is 0.333. The first-order valence-corrected chi connectivity index (χ1v) is 5.63. The molecule has 0 atom stereocenters. The first-order valence-electron chi connectivity index (χ1n) is 5.26. The van der Waals surface area contributed by atoms with Gasteiger partial charge in [0.25, 0.3) is 0 Å². The van der Waals surface area contributed by atoms with Crippen molar-refractivity contribution >= 4 is 23.2 Å². The van der Waals surface area contributed by atoms with Crippen LogP contribution >= 0.6 is 11.6 Å². The van der Waals surface area contributed by atoms with E-state index in [9.17, 15) is 4.79 Å². The minimum absolute atomic E-state index is 0.139. The van der Waals surface area contributed by atoms with Gasteiger partial charge in [-0.15, -0.1) is 0 Å². The molecule has 0 saturated heterocycles. The van der Waals surface area contributed by atoms with E-state index < -0.39 is 0 Å². The number of hydrogen-bond acceptors (Lipinski definition) is 3. The van der Waals surface area contributed by atoms with Crippen LogP contribution in [0, 0.1) is 11.3 Å². The number of carbonyl (C=O) groups excluding carboxylic acids is 1. The molecule has 1 aromatic rings. The highest BCUT2D eigenvalue weighted by atomic mass is 35.5. The molecule has 90 valence electrons. The van der Waals surface area contributed by atoms with Crippen molar-refractivity contribution in [1.82, 2.24) is 5.32 Å². The number of nitriles is 1. The van der Waals surface area contributed by atoms with Gasteiger partial charge in [-0.05, 0) is 18.2 Å². The monoisotopic (exact) mass is 251 g/mol. The van der Waals surface area contributed by atoms with Crippen molar-refractivity contribution < 1.29 is 4.79 Å². The van der Waals surface area contributed by atoms with E-state index in [1.54, 1.807) is 18.2 Å². The topological polar surface area (TPSA) is 64.9 Å². The smallest absolute Gasteiger partial charge is 0.238 e. The highest BCUT2D eigenvalue weighted by molar-refractivity contribution is 6.32. The van der Waals surface area contributed by atoms with Gasteiger partial charge >= 0.3 is 0 Å². The first kappa shape index (κ1) is 13.5. The lowest BCUT2D eigenvalue weighted by Crippen LogP contribution is -2.32. The summed E-state index contributed by atoms with van der Waals surface area (Å²) in [4.78, 5) is 11.5. The second kappa shape index (κ2) is 6.24. The van der Waals surface area contributed by atoms with Crippen molar-refractivity contribution in [1.29, 1.82) is 5.26 Å². The fourth-order valence-corrected chi connectivity index (χ4v) is 1.41. The summed E-state index contributed by atoms with van der Waals surface area (Å²) in [6, 6.07) is 7.00. The summed E-state index contributed by atoms with van der Waals surface area (Å²) in [5.74, 6) is -0.139. The van der Waals surface area contributed by atoms with Crippen LogP contribution in [0.4, 0.5) is 5.69 Å². The van der Waals surface area contributed by atoms with Gasteiger partial charge in [0.2, 0.25) is 5.91 Å². The Kier molecular flexibility index (Phi) is 4.95. The number of halogens is 1. The average molecular weight is 252 g/mol. The lowest BCUT2D eigenvalue weighted by molar-refractivity contribution is -0.115. The molecule has 1 rings (SSSR count). The average Bonchev–Trinajstić information content (AvgIpc) is 2.26. The Morgan fingerprint density at radius 1 is 1.53 bits per heavy atom. The zero-order valence-corrected chi connectivity index (χ0v) is 10.5. The van der Waals surface area contributed by atoms with Gasteiger partial charge in [-0.2, -0.15) is 5.26 Å². The van der Waals surface area contributed by atoms with E-state index in [-0.39, 0.29) is 18.5 Å². The Labute approximate surface area is 106 Å². The zero-order valence-electron chi connectivity index (χ0n) is 9.75. The molecule has 0 aromatic heterocycles. The molecule has 0 aliphatic carbocycles. The largest absolute Gasteiger partial charge is 0.325 e. The van der Waals surface area contributed by atoms with Gasteiger partial charge in [0, 0.05) is 11.7 Å². The number of amides is 1. The number of nitrogens with one attached hydrogen (secondary N) is 2. The summed E-state index contributed by atoms with van der Waals surface area (Å²) >= 11 is 5.85. The summed E-state index contributed by atoms with van der Waals surface area (Å²) in [6.07, 6.45) is 0. The van der Waals surface area contributed by atoms with E-state index in [2.05, 4.69) is 10.6 Å². The van der Waals surface area contributed by atoms with Crippen LogP contribution in [0.15, 0.2) is 18.2 Å². The van der Waals surface area contributed by atoms with Crippen molar-refractivity contribution in [2.75, 3.05) is 11.9 Å². The number of rotatable bonds is 4. The molecule has 0 spiro atoms. The van der Waals surface area contributed by atoms with Crippen molar-refractivity contribution in [3.05, 3.63) is 28.8 Å². The SMILES string of the molecule is CC(C)NCC(=O)Nc1ccc(C#N)c(Cl)c1. The third-order valence-corrected chi connectivity index (χ3v) is 2.36. The Balaban J connectivity index is 2.61. The second-order valence-corrected chi connectivity index (χ2v) is 4.30. The molecule has 5 heteroatoms. The van der Waals surface area contributed by atoms with E-state index in [4.69, 9.17) is 16.9 Å². The Morgan fingerprint density at radius 2 is 2.24 bits per heavy atom.